The summed E-state index contributed by atoms with van der Waals surface area (Å²) in [5.74, 6) is 0.706. The van der Waals surface area contributed by atoms with E-state index in [4.69, 9.17) is 0 Å². The van der Waals surface area contributed by atoms with Crippen LogP contribution in [0.1, 0.15) is 37.7 Å². The fourth-order valence-electron chi connectivity index (χ4n) is 2.71. The Morgan fingerprint density at radius 2 is 2.04 bits per heavy atom. The summed E-state index contributed by atoms with van der Waals surface area (Å²) in [4.78, 5) is 18.8. The Hall–Kier alpha value is -1.25. The van der Waals surface area contributed by atoms with Gasteiger partial charge in [0.2, 0.25) is 10.0 Å². The molecule has 2 heterocycles. The molecule has 1 aromatic heterocycles. The molecule has 0 saturated carbocycles. The maximum absolute atomic E-state index is 12.5. The monoisotopic (exact) mass is 342 g/mol. The lowest BCUT2D eigenvalue weighted by Gasteiger charge is -2.20. The normalized spacial score (nSPS) is 16.3. The molecule has 0 amide bonds. The van der Waals surface area contributed by atoms with Crippen molar-refractivity contribution >= 4 is 10.0 Å². The van der Waals surface area contributed by atoms with Crippen LogP contribution in [0.4, 0.5) is 0 Å². The summed E-state index contributed by atoms with van der Waals surface area (Å²) >= 11 is 0. The van der Waals surface area contributed by atoms with Crippen LogP contribution in [-0.4, -0.2) is 53.6 Å². The van der Waals surface area contributed by atoms with Gasteiger partial charge in [-0.25, -0.2) is 13.4 Å². The maximum atomic E-state index is 12.5. The number of aromatic nitrogens is 2. The van der Waals surface area contributed by atoms with Crippen molar-refractivity contribution in [3.8, 4) is 0 Å². The molecular formula is C15H26N4O3S. The predicted octanol–water partition coefficient (Wildman–Crippen LogP) is 0.641. The molecule has 0 aliphatic carbocycles. The topological polar surface area (TPSA) is 75.5 Å². The zero-order valence-electron chi connectivity index (χ0n) is 14.2. The molecule has 0 fully saturated rings. The quantitative estimate of drug-likeness (QED) is 0.758. The molecule has 0 saturated heterocycles. The average molecular weight is 342 g/mol. The molecule has 0 bridgehead atoms. The molecule has 0 unspecified atom stereocenters. The largest absolute Gasteiger partial charge is 0.304 e. The third-order valence-electron chi connectivity index (χ3n) is 3.87. The molecule has 1 aliphatic heterocycles. The summed E-state index contributed by atoms with van der Waals surface area (Å²) in [5, 5.41) is 0. The summed E-state index contributed by atoms with van der Waals surface area (Å²) in [5.41, 5.74) is 0.582. The van der Waals surface area contributed by atoms with Crippen molar-refractivity contribution in [2.24, 2.45) is 0 Å². The van der Waals surface area contributed by atoms with Gasteiger partial charge < -0.3 is 4.90 Å². The fraction of sp³-hybridized carbons (Fsp3) is 0.733. The van der Waals surface area contributed by atoms with Crippen molar-refractivity contribution in [2.75, 3.05) is 26.4 Å². The highest BCUT2D eigenvalue weighted by Gasteiger charge is 2.26. The van der Waals surface area contributed by atoms with Crippen LogP contribution in [0.3, 0.4) is 0 Å². The van der Waals surface area contributed by atoms with Gasteiger partial charge in [-0.2, -0.15) is 4.31 Å². The van der Waals surface area contributed by atoms with E-state index in [0.29, 0.717) is 44.0 Å². The van der Waals surface area contributed by atoms with Gasteiger partial charge in [0.15, 0.2) is 0 Å². The Balaban J connectivity index is 2.31. The molecule has 130 valence electrons. The van der Waals surface area contributed by atoms with Crippen LogP contribution in [0, 0.1) is 0 Å². The summed E-state index contributed by atoms with van der Waals surface area (Å²) in [6.45, 7) is 3.68. The molecule has 23 heavy (non-hydrogen) atoms. The molecule has 0 aromatic carbocycles. The van der Waals surface area contributed by atoms with E-state index < -0.39 is 10.0 Å². The Morgan fingerprint density at radius 1 is 1.30 bits per heavy atom. The average Bonchev–Trinajstić information content (AvgIpc) is 2.67. The van der Waals surface area contributed by atoms with E-state index in [0.717, 1.165) is 6.42 Å². The first-order valence-electron chi connectivity index (χ1n) is 8.05. The van der Waals surface area contributed by atoms with Gasteiger partial charge in [0, 0.05) is 25.7 Å². The molecule has 0 spiro atoms. The van der Waals surface area contributed by atoms with Crippen LogP contribution in [0.25, 0.3) is 0 Å². The summed E-state index contributed by atoms with van der Waals surface area (Å²) in [6, 6.07) is 1.55. The minimum absolute atomic E-state index is 0.0975. The lowest BCUT2D eigenvalue weighted by atomic mass is 10.3. The number of rotatable bonds is 6. The van der Waals surface area contributed by atoms with Crippen LogP contribution in [0.2, 0.25) is 0 Å². The minimum atomic E-state index is -3.29. The first kappa shape index (κ1) is 18.1. The number of sulfonamides is 1. The fourth-order valence-corrected chi connectivity index (χ4v) is 4.34. The second-order valence-corrected chi connectivity index (χ2v) is 8.34. The first-order valence-corrected chi connectivity index (χ1v) is 9.66. The van der Waals surface area contributed by atoms with Gasteiger partial charge in [-0.1, -0.05) is 13.3 Å². The molecule has 1 aromatic rings. The number of hydrogen-bond acceptors (Lipinski definition) is 5. The highest BCUT2D eigenvalue weighted by molar-refractivity contribution is 7.89. The molecule has 1 aliphatic rings. The molecule has 7 nitrogen and oxygen atoms in total. The van der Waals surface area contributed by atoms with Gasteiger partial charge in [0.05, 0.1) is 18.0 Å². The molecule has 2 rings (SSSR count). The van der Waals surface area contributed by atoms with Gasteiger partial charge >= 0.3 is 0 Å². The SMILES string of the molecule is CCCCS(=O)(=O)N1CCCn2c(nc(CN(C)C)cc2=O)C1. The number of unbranched alkanes of at least 4 members (excludes halogenated alkanes) is 1. The highest BCUT2D eigenvalue weighted by Crippen LogP contribution is 2.15. The van der Waals surface area contributed by atoms with Crippen molar-refractivity contribution in [3.05, 3.63) is 27.9 Å². The maximum Gasteiger partial charge on any atom is 0.253 e. The number of fused-ring (bicyclic) bond motifs is 1. The number of hydrogen-bond donors (Lipinski definition) is 0. The molecule has 0 atom stereocenters. The second kappa shape index (κ2) is 7.55. The van der Waals surface area contributed by atoms with E-state index in [1.807, 2.05) is 25.9 Å². The van der Waals surface area contributed by atoms with Crippen LogP contribution < -0.4 is 5.56 Å². The van der Waals surface area contributed by atoms with Gasteiger partial charge in [0.1, 0.15) is 5.82 Å². The zero-order chi connectivity index (χ0) is 17.0. The summed E-state index contributed by atoms with van der Waals surface area (Å²) in [6.07, 6.45) is 2.13. The molecular weight excluding hydrogens is 316 g/mol. The predicted molar refractivity (Wildman–Crippen MR) is 89.6 cm³/mol. The second-order valence-electron chi connectivity index (χ2n) is 6.25. The van der Waals surface area contributed by atoms with Gasteiger partial charge in [-0.3, -0.25) is 9.36 Å². The standard InChI is InChI=1S/C15H26N4O3S/c1-4-5-9-23(21,22)18-7-6-8-19-14(12-18)16-13(10-15(19)20)11-17(2)3/h10H,4-9,11-12H2,1-3H3. The lowest BCUT2D eigenvalue weighted by molar-refractivity contribution is 0.389. The molecule has 8 heteroatoms. The van der Waals surface area contributed by atoms with Crippen molar-refractivity contribution < 1.29 is 8.42 Å². The van der Waals surface area contributed by atoms with Crippen molar-refractivity contribution in [1.29, 1.82) is 0 Å². The third kappa shape index (κ3) is 4.62. The van der Waals surface area contributed by atoms with Crippen LogP contribution in [0.15, 0.2) is 10.9 Å². The van der Waals surface area contributed by atoms with Crippen LogP contribution >= 0.6 is 0 Å². The summed E-state index contributed by atoms with van der Waals surface area (Å²) < 4.78 is 28.0. The van der Waals surface area contributed by atoms with Crippen molar-refractivity contribution in [1.82, 2.24) is 18.8 Å². The smallest absolute Gasteiger partial charge is 0.253 e. The minimum Gasteiger partial charge on any atom is -0.304 e. The van der Waals surface area contributed by atoms with E-state index in [1.165, 1.54) is 4.31 Å². The Bertz CT molecular complexity index is 697. The number of nitrogens with zero attached hydrogens (tertiary/aromatic N) is 4. The van der Waals surface area contributed by atoms with E-state index in [-0.39, 0.29) is 17.9 Å². The van der Waals surface area contributed by atoms with Crippen molar-refractivity contribution in [2.45, 2.75) is 45.8 Å². The van der Waals surface area contributed by atoms with Gasteiger partial charge in [-0.05, 0) is 26.9 Å². The Labute approximate surface area is 138 Å². The van der Waals surface area contributed by atoms with Gasteiger partial charge in [-0.15, -0.1) is 0 Å². The van der Waals surface area contributed by atoms with E-state index >= 15 is 0 Å². The van der Waals surface area contributed by atoms with E-state index in [1.54, 1.807) is 10.6 Å². The first-order chi connectivity index (χ1) is 10.8. The van der Waals surface area contributed by atoms with E-state index in [2.05, 4.69) is 4.98 Å². The van der Waals surface area contributed by atoms with Gasteiger partial charge in [0.25, 0.3) is 5.56 Å². The molecule has 0 radical (unpaired) electrons. The summed E-state index contributed by atoms with van der Waals surface area (Å²) in [7, 11) is 0.526. The Kier molecular flexibility index (Phi) is 5.94. The lowest BCUT2D eigenvalue weighted by Crippen LogP contribution is -2.34. The van der Waals surface area contributed by atoms with Crippen LogP contribution in [-0.2, 0) is 29.7 Å². The molecule has 0 N–H and O–H groups in total. The van der Waals surface area contributed by atoms with Crippen LogP contribution in [0.5, 0.6) is 0 Å². The Morgan fingerprint density at radius 3 is 2.70 bits per heavy atom. The van der Waals surface area contributed by atoms with E-state index in [9.17, 15) is 13.2 Å². The highest BCUT2D eigenvalue weighted by atomic mass is 32.2. The van der Waals surface area contributed by atoms with Crippen molar-refractivity contribution in [3.63, 3.8) is 0 Å². The third-order valence-corrected chi connectivity index (χ3v) is 5.78. The zero-order valence-corrected chi connectivity index (χ0v) is 15.0.